The van der Waals surface area contributed by atoms with E-state index in [1.54, 1.807) is 0 Å². The highest BCUT2D eigenvalue weighted by Crippen LogP contribution is 2.12. The van der Waals surface area contributed by atoms with Crippen molar-refractivity contribution in [1.82, 2.24) is 9.97 Å². The lowest BCUT2D eigenvalue weighted by molar-refractivity contribution is 0.765. The molecular weight excluding hydrogens is 180 g/mol. The summed E-state index contributed by atoms with van der Waals surface area (Å²) < 4.78 is 0.593. The molecule has 0 radical (unpaired) electrons. The van der Waals surface area contributed by atoms with Crippen LogP contribution in [0.3, 0.4) is 0 Å². The van der Waals surface area contributed by atoms with Gasteiger partial charge in [0.15, 0.2) is 0 Å². The lowest BCUT2D eigenvalue weighted by Crippen LogP contribution is -2.02. The first-order valence-corrected chi connectivity index (χ1v) is 4.54. The molecule has 0 aliphatic carbocycles. The van der Waals surface area contributed by atoms with E-state index in [0.717, 1.165) is 17.1 Å². The minimum Gasteiger partial charge on any atom is -0.336 e. The first-order valence-electron chi connectivity index (χ1n) is 4.13. The number of H-pyrrole nitrogens is 1. The second-order valence-electron chi connectivity index (χ2n) is 3.23. The summed E-state index contributed by atoms with van der Waals surface area (Å²) in [4.78, 5) is 7.33. The SMILES string of the molecule is C#Cc1[nH]c(C(C)C)nc(=S)c1C. The molecule has 1 rings (SSSR count). The highest BCUT2D eigenvalue weighted by atomic mass is 32.1. The summed E-state index contributed by atoms with van der Waals surface area (Å²) in [6, 6.07) is 0. The van der Waals surface area contributed by atoms with Crippen LogP contribution in [-0.4, -0.2) is 9.97 Å². The molecule has 0 bridgehead atoms. The van der Waals surface area contributed by atoms with Gasteiger partial charge < -0.3 is 4.98 Å². The fourth-order valence-electron chi connectivity index (χ4n) is 0.968. The zero-order valence-corrected chi connectivity index (χ0v) is 8.83. The Hall–Kier alpha value is -1.14. The van der Waals surface area contributed by atoms with E-state index < -0.39 is 0 Å². The smallest absolute Gasteiger partial charge is 0.133 e. The molecule has 13 heavy (non-hydrogen) atoms. The van der Waals surface area contributed by atoms with Gasteiger partial charge in [0, 0.05) is 11.5 Å². The van der Waals surface area contributed by atoms with Crippen LogP contribution in [0.4, 0.5) is 0 Å². The van der Waals surface area contributed by atoms with Crippen molar-refractivity contribution >= 4 is 12.2 Å². The second-order valence-corrected chi connectivity index (χ2v) is 3.61. The molecule has 0 unspecified atom stereocenters. The number of rotatable bonds is 1. The van der Waals surface area contributed by atoms with Crippen LogP contribution in [0, 0.1) is 23.9 Å². The van der Waals surface area contributed by atoms with E-state index in [1.807, 2.05) is 20.8 Å². The van der Waals surface area contributed by atoms with Gasteiger partial charge in [0.1, 0.15) is 10.5 Å². The quantitative estimate of drug-likeness (QED) is 0.547. The molecule has 0 saturated heterocycles. The number of nitrogens with zero attached hydrogens (tertiary/aromatic N) is 1. The Balaban J connectivity index is 3.42. The summed E-state index contributed by atoms with van der Waals surface area (Å²) >= 11 is 5.09. The van der Waals surface area contributed by atoms with E-state index in [1.165, 1.54) is 0 Å². The fraction of sp³-hybridized carbons (Fsp3) is 0.400. The van der Waals surface area contributed by atoms with Gasteiger partial charge in [-0.25, -0.2) is 4.98 Å². The van der Waals surface area contributed by atoms with Crippen molar-refractivity contribution in [2.45, 2.75) is 26.7 Å². The largest absolute Gasteiger partial charge is 0.336 e. The minimum atomic E-state index is 0.314. The molecular formula is C10H12N2S. The van der Waals surface area contributed by atoms with Gasteiger partial charge in [-0.15, -0.1) is 6.42 Å². The fourth-order valence-corrected chi connectivity index (χ4v) is 1.17. The van der Waals surface area contributed by atoms with Crippen LogP contribution < -0.4 is 0 Å². The molecule has 0 saturated carbocycles. The van der Waals surface area contributed by atoms with E-state index in [0.29, 0.717) is 10.6 Å². The van der Waals surface area contributed by atoms with Gasteiger partial charge in [-0.2, -0.15) is 0 Å². The van der Waals surface area contributed by atoms with Crippen LogP contribution in [0.25, 0.3) is 0 Å². The Morgan fingerprint density at radius 3 is 2.62 bits per heavy atom. The zero-order valence-electron chi connectivity index (χ0n) is 8.01. The maximum Gasteiger partial charge on any atom is 0.133 e. The number of aromatic amines is 1. The molecule has 68 valence electrons. The van der Waals surface area contributed by atoms with Crippen molar-refractivity contribution in [2.75, 3.05) is 0 Å². The number of aromatic nitrogens is 2. The van der Waals surface area contributed by atoms with Crippen molar-refractivity contribution in [2.24, 2.45) is 0 Å². The van der Waals surface area contributed by atoms with Crippen LogP contribution in [0.1, 0.15) is 36.8 Å². The van der Waals surface area contributed by atoms with E-state index in [2.05, 4.69) is 15.9 Å². The summed E-state index contributed by atoms with van der Waals surface area (Å²) in [5, 5.41) is 0. The molecule has 1 N–H and O–H groups in total. The summed E-state index contributed by atoms with van der Waals surface area (Å²) in [6.07, 6.45) is 5.33. The van der Waals surface area contributed by atoms with Gasteiger partial charge in [-0.1, -0.05) is 32.0 Å². The average Bonchev–Trinajstić information content (AvgIpc) is 2.09. The Bertz CT molecular complexity index is 410. The second kappa shape index (κ2) is 3.71. The van der Waals surface area contributed by atoms with Crippen molar-refractivity contribution in [3.8, 4) is 12.3 Å². The van der Waals surface area contributed by atoms with Gasteiger partial charge in [0.25, 0.3) is 0 Å². The Morgan fingerprint density at radius 2 is 2.15 bits per heavy atom. The zero-order chi connectivity index (χ0) is 10.0. The summed E-state index contributed by atoms with van der Waals surface area (Å²) in [5.41, 5.74) is 1.62. The minimum absolute atomic E-state index is 0.314. The standard InChI is InChI=1S/C10H12N2S/c1-5-8-7(4)10(13)12-9(11-8)6(2)3/h1,6H,2-4H3,(H,11,12,13). The molecule has 0 atom stereocenters. The molecule has 0 aliphatic rings. The Labute approximate surface area is 83.4 Å². The molecule has 0 aliphatic heterocycles. The van der Waals surface area contributed by atoms with E-state index in [4.69, 9.17) is 18.6 Å². The highest BCUT2D eigenvalue weighted by molar-refractivity contribution is 7.71. The van der Waals surface area contributed by atoms with E-state index in [-0.39, 0.29) is 0 Å². The van der Waals surface area contributed by atoms with Crippen molar-refractivity contribution < 1.29 is 0 Å². The molecule has 0 spiro atoms. The third-order valence-electron chi connectivity index (χ3n) is 1.86. The summed E-state index contributed by atoms with van der Waals surface area (Å²) in [5.74, 6) is 3.73. The predicted octanol–water partition coefficient (Wildman–Crippen LogP) is 2.55. The number of nitrogens with one attached hydrogen (secondary N) is 1. The van der Waals surface area contributed by atoms with Crippen molar-refractivity contribution in [1.29, 1.82) is 0 Å². The normalized spacial score (nSPS) is 10.1. The van der Waals surface area contributed by atoms with Crippen LogP contribution >= 0.6 is 12.2 Å². The monoisotopic (exact) mass is 192 g/mol. The first kappa shape index (κ1) is 9.94. The lowest BCUT2D eigenvalue weighted by Gasteiger charge is -2.07. The Morgan fingerprint density at radius 1 is 1.54 bits per heavy atom. The number of terminal acetylenes is 1. The third-order valence-corrected chi connectivity index (χ3v) is 2.26. The molecule has 3 heteroatoms. The average molecular weight is 192 g/mol. The van der Waals surface area contributed by atoms with E-state index in [9.17, 15) is 0 Å². The van der Waals surface area contributed by atoms with Crippen LogP contribution in [0.2, 0.25) is 0 Å². The van der Waals surface area contributed by atoms with Crippen LogP contribution in [0.5, 0.6) is 0 Å². The molecule has 1 aromatic heterocycles. The van der Waals surface area contributed by atoms with Gasteiger partial charge in [0.2, 0.25) is 0 Å². The van der Waals surface area contributed by atoms with Gasteiger partial charge >= 0.3 is 0 Å². The third kappa shape index (κ3) is 1.96. The summed E-state index contributed by atoms with van der Waals surface area (Å²) in [7, 11) is 0. The van der Waals surface area contributed by atoms with Gasteiger partial charge in [-0.05, 0) is 6.92 Å². The number of hydrogen-bond donors (Lipinski definition) is 1. The first-order chi connectivity index (χ1) is 6.06. The van der Waals surface area contributed by atoms with Crippen molar-refractivity contribution in [3.05, 3.63) is 21.7 Å². The maximum absolute atomic E-state index is 5.33. The molecule has 0 amide bonds. The topological polar surface area (TPSA) is 28.7 Å². The highest BCUT2D eigenvalue weighted by Gasteiger charge is 2.05. The van der Waals surface area contributed by atoms with Gasteiger partial charge in [-0.3, -0.25) is 0 Å². The Kier molecular flexibility index (Phi) is 2.84. The van der Waals surface area contributed by atoms with Crippen LogP contribution in [-0.2, 0) is 0 Å². The van der Waals surface area contributed by atoms with Gasteiger partial charge in [0.05, 0.1) is 5.69 Å². The predicted molar refractivity (Wildman–Crippen MR) is 56.2 cm³/mol. The van der Waals surface area contributed by atoms with Crippen LogP contribution in [0.15, 0.2) is 0 Å². The molecule has 1 aromatic rings. The molecule has 0 aromatic carbocycles. The van der Waals surface area contributed by atoms with E-state index >= 15 is 0 Å². The molecule has 2 nitrogen and oxygen atoms in total. The van der Waals surface area contributed by atoms with Crippen molar-refractivity contribution in [3.63, 3.8) is 0 Å². The lowest BCUT2D eigenvalue weighted by atomic mass is 10.2. The molecule has 0 fully saturated rings. The molecule has 1 heterocycles. The maximum atomic E-state index is 5.33. The number of hydrogen-bond acceptors (Lipinski definition) is 2. The summed E-state index contributed by atoms with van der Waals surface area (Å²) in [6.45, 7) is 5.97.